The lowest BCUT2D eigenvalue weighted by molar-refractivity contribution is -0.138. The molecule has 0 fully saturated rings. The molecule has 1 aliphatic rings. The maximum atomic E-state index is 13.1. The van der Waals surface area contributed by atoms with E-state index in [0.29, 0.717) is 17.2 Å². The summed E-state index contributed by atoms with van der Waals surface area (Å²) >= 11 is 1.37. The molecule has 2 aromatic carbocycles. The van der Waals surface area contributed by atoms with Crippen LogP contribution in [-0.2, 0) is 27.7 Å². The van der Waals surface area contributed by atoms with Crippen LogP contribution in [0.25, 0.3) is 10.2 Å². The van der Waals surface area contributed by atoms with Gasteiger partial charge < -0.3 is 10.4 Å². The van der Waals surface area contributed by atoms with E-state index in [1.807, 2.05) is 30.3 Å². The van der Waals surface area contributed by atoms with Crippen molar-refractivity contribution in [3.05, 3.63) is 53.0 Å². The fourth-order valence-corrected chi connectivity index (χ4v) is 6.09. The molecule has 0 radical (unpaired) electrons. The van der Waals surface area contributed by atoms with Crippen LogP contribution in [0.3, 0.4) is 0 Å². The Morgan fingerprint density at radius 2 is 2.03 bits per heavy atom. The van der Waals surface area contributed by atoms with Gasteiger partial charge in [0.2, 0.25) is 10.0 Å². The zero-order valence-electron chi connectivity index (χ0n) is 16.7. The van der Waals surface area contributed by atoms with Crippen LogP contribution in [0.2, 0.25) is 0 Å². The monoisotopic (exact) mass is 445 g/mol. The maximum Gasteiger partial charge on any atom is 0.322 e. The lowest BCUT2D eigenvalue weighted by atomic mass is 9.82. The number of anilines is 1. The highest BCUT2D eigenvalue weighted by atomic mass is 32.2. The van der Waals surface area contributed by atoms with E-state index in [-0.39, 0.29) is 16.7 Å². The molecular formula is C21H23N3O4S2. The van der Waals surface area contributed by atoms with E-state index in [2.05, 4.69) is 28.9 Å². The molecule has 0 saturated heterocycles. The summed E-state index contributed by atoms with van der Waals surface area (Å²) < 4.78 is 29.5. The first-order valence-corrected chi connectivity index (χ1v) is 11.9. The number of benzene rings is 2. The number of fused-ring (bicyclic) bond motifs is 2. The molecule has 158 valence electrons. The molecule has 1 aliphatic heterocycles. The van der Waals surface area contributed by atoms with Crippen molar-refractivity contribution in [2.24, 2.45) is 5.41 Å². The number of hydrogen-bond acceptors (Lipinski definition) is 6. The van der Waals surface area contributed by atoms with Crippen molar-refractivity contribution in [1.82, 2.24) is 9.71 Å². The average Bonchev–Trinajstić information content (AvgIpc) is 3.08. The highest BCUT2D eigenvalue weighted by molar-refractivity contribution is 7.89. The number of carboxylic acid groups (broad SMARTS) is 1. The second-order valence-corrected chi connectivity index (χ2v) is 11.1. The standard InChI is InChI=1S/C21H23N3O4S2/c1-21(2)11-13-6-5-9-17(19(13)22-12-21)30(27,28)24-15(20(25)26)10-18-23-14-7-3-4-8-16(14)29-18/h3-9,15,22,24H,10-12H2,1-2H3,(H,25,26)/t15-/m0/s1. The quantitative estimate of drug-likeness (QED) is 0.537. The van der Waals surface area contributed by atoms with Crippen LogP contribution in [-0.4, -0.2) is 37.1 Å². The van der Waals surface area contributed by atoms with E-state index in [9.17, 15) is 18.3 Å². The van der Waals surface area contributed by atoms with Crippen LogP contribution in [0.15, 0.2) is 47.4 Å². The minimum absolute atomic E-state index is 0.0132. The lowest BCUT2D eigenvalue weighted by Crippen LogP contribution is -2.42. The van der Waals surface area contributed by atoms with Gasteiger partial charge in [0.25, 0.3) is 0 Å². The van der Waals surface area contributed by atoms with Crippen molar-refractivity contribution in [1.29, 1.82) is 0 Å². The SMILES string of the molecule is CC1(C)CNc2c(cccc2S(=O)(=O)N[C@@H](Cc2nc3ccccc3s2)C(=O)O)C1. The molecule has 4 rings (SSSR count). The molecule has 0 unspecified atom stereocenters. The van der Waals surface area contributed by atoms with Gasteiger partial charge in [0.15, 0.2) is 0 Å². The van der Waals surface area contributed by atoms with E-state index in [4.69, 9.17) is 0 Å². The number of aromatic nitrogens is 1. The molecule has 9 heteroatoms. The molecule has 3 aromatic rings. The number of nitrogens with one attached hydrogen (secondary N) is 2. The smallest absolute Gasteiger partial charge is 0.322 e. The van der Waals surface area contributed by atoms with E-state index >= 15 is 0 Å². The van der Waals surface area contributed by atoms with Crippen molar-refractivity contribution in [2.45, 2.75) is 37.6 Å². The van der Waals surface area contributed by atoms with Crippen molar-refractivity contribution in [3.63, 3.8) is 0 Å². The predicted octanol–water partition coefficient (Wildman–Crippen LogP) is 3.26. The number of rotatable bonds is 6. The molecule has 0 aliphatic carbocycles. The maximum absolute atomic E-state index is 13.1. The highest BCUT2D eigenvalue weighted by Crippen LogP contribution is 2.36. The Hall–Kier alpha value is -2.49. The van der Waals surface area contributed by atoms with Gasteiger partial charge in [0.1, 0.15) is 10.9 Å². The Morgan fingerprint density at radius 1 is 1.27 bits per heavy atom. The second kappa shape index (κ2) is 7.64. The van der Waals surface area contributed by atoms with Crippen molar-refractivity contribution in [2.75, 3.05) is 11.9 Å². The molecule has 3 N–H and O–H groups in total. The van der Waals surface area contributed by atoms with Gasteiger partial charge in [-0.1, -0.05) is 38.1 Å². The van der Waals surface area contributed by atoms with Gasteiger partial charge in [-0.25, -0.2) is 13.4 Å². The summed E-state index contributed by atoms with van der Waals surface area (Å²) in [6.07, 6.45) is 0.718. The molecule has 2 heterocycles. The summed E-state index contributed by atoms with van der Waals surface area (Å²) in [7, 11) is -4.05. The van der Waals surface area contributed by atoms with Gasteiger partial charge in [0, 0.05) is 13.0 Å². The minimum atomic E-state index is -4.05. The van der Waals surface area contributed by atoms with Crippen LogP contribution < -0.4 is 10.0 Å². The van der Waals surface area contributed by atoms with Crippen LogP contribution in [0, 0.1) is 5.41 Å². The van der Waals surface area contributed by atoms with Crippen molar-refractivity contribution < 1.29 is 18.3 Å². The highest BCUT2D eigenvalue weighted by Gasteiger charge is 2.32. The van der Waals surface area contributed by atoms with E-state index in [1.165, 1.54) is 17.4 Å². The summed E-state index contributed by atoms with van der Waals surface area (Å²) in [5.74, 6) is -1.24. The predicted molar refractivity (Wildman–Crippen MR) is 117 cm³/mol. The topological polar surface area (TPSA) is 108 Å². The fourth-order valence-electron chi connectivity index (χ4n) is 3.67. The number of carboxylic acids is 1. The normalized spacial score (nSPS) is 16.6. The molecule has 7 nitrogen and oxygen atoms in total. The zero-order valence-corrected chi connectivity index (χ0v) is 18.3. The Kier molecular flexibility index (Phi) is 5.29. The number of para-hydroxylation sites is 2. The summed E-state index contributed by atoms with van der Waals surface area (Å²) in [6, 6.07) is 11.3. The number of nitrogens with zero attached hydrogens (tertiary/aromatic N) is 1. The molecule has 30 heavy (non-hydrogen) atoms. The Bertz CT molecular complexity index is 1180. The number of aliphatic carboxylic acids is 1. The molecule has 1 aromatic heterocycles. The third-order valence-corrected chi connectivity index (χ3v) is 7.70. The number of hydrogen-bond donors (Lipinski definition) is 3. The third-order valence-electron chi connectivity index (χ3n) is 5.13. The molecule has 1 atom stereocenters. The molecule has 0 bridgehead atoms. The van der Waals surface area contributed by atoms with Crippen LogP contribution >= 0.6 is 11.3 Å². The first-order valence-electron chi connectivity index (χ1n) is 9.60. The van der Waals surface area contributed by atoms with Crippen molar-refractivity contribution in [3.8, 4) is 0 Å². The van der Waals surface area contributed by atoms with Gasteiger partial charge in [-0.05, 0) is 35.6 Å². The summed E-state index contributed by atoms with van der Waals surface area (Å²) in [6.45, 7) is 4.86. The summed E-state index contributed by atoms with van der Waals surface area (Å²) in [5.41, 5.74) is 2.24. The van der Waals surface area contributed by atoms with E-state index in [1.54, 1.807) is 6.07 Å². The molecule has 0 amide bonds. The van der Waals surface area contributed by atoms with Gasteiger partial charge in [0.05, 0.1) is 20.9 Å². The summed E-state index contributed by atoms with van der Waals surface area (Å²) in [5, 5.41) is 13.5. The second-order valence-electron chi connectivity index (χ2n) is 8.28. The third kappa shape index (κ3) is 4.19. The zero-order chi connectivity index (χ0) is 21.5. The van der Waals surface area contributed by atoms with E-state index < -0.39 is 22.0 Å². The van der Waals surface area contributed by atoms with Gasteiger partial charge in [-0.15, -0.1) is 11.3 Å². The Balaban J connectivity index is 1.61. The molecular weight excluding hydrogens is 422 g/mol. The Morgan fingerprint density at radius 3 is 2.77 bits per heavy atom. The van der Waals surface area contributed by atoms with Crippen LogP contribution in [0.4, 0.5) is 5.69 Å². The Labute approximate surface area is 179 Å². The minimum Gasteiger partial charge on any atom is -0.480 e. The summed E-state index contributed by atoms with van der Waals surface area (Å²) in [4.78, 5) is 16.3. The fraction of sp³-hybridized carbons (Fsp3) is 0.333. The van der Waals surface area contributed by atoms with Gasteiger partial charge >= 0.3 is 5.97 Å². The lowest BCUT2D eigenvalue weighted by Gasteiger charge is -2.33. The first kappa shape index (κ1) is 20.8. The molecule has 0 spiro atoms. The van der Waals surface area contributed by atoms with Crippen LogP contribution in [0.5, 0.6) is 0 Å². The average molecular weight is 446 g/mol. The van der Waals surface area contributed by atoms with E-state index in [0.717, 1.165) is 22.2 Å². The first-order chi connectivity index (χ1) is 14.1. The molecule has 0 saturated carbocycles. The van der Waals surface area contributed by atoms with Crippen LogP contribution in [0.1, 0.15) is 24.4 Å². The van der Waals surface area contributed by atoms with Crippen molar-refractivity contribution >= 4 is 43.2 Å². The largest absolute Gasteiger partial charge is 0.480 e. The number of carbonyl (C=O) groups is 1. The number of thiazole rings is 1. The van der Waals surface area contributed by atoms with Gasteiger partial charge in [-0.2, -0.15) is 4.72 Å². The van der Waals surface area contributed by atoms with Gasteiger partial charge in [-0.3, -0.25) is 4.79 Å². The number of sulfonamides is 1.